The number of fused-ring (bicyclic) bond motifs is 1. The lowest BCUT2D eigenvalue weighted by molar-refractivity contribution is -0.149. The summed E-state index contributed by atoms with van der Waals surface area (Å²) in [5, 5.41) is 58.8. The van der Waals surface area contributed by atoms with Crippen LogP contribution in [0.5, 0.6) is 40.2 Å². The number of carbonyl (C=O) groups excluding carboxylic acids is 1. The number of carbonyl (C=O) groups is 1. The Kier molecular flexibility index (Phi) is 5.61. The molecule has 2 unspecified atom stereocenters. The zero-order valence-corrected chi connectivity index (χ0v) is 17.0. The van der Waals surface area contributed by atoms with Gasteiger partial charge in [-0.25, -0.2) is 4.79 Å². The van der Waals surface area contributed by atoms with Crippen LogP contribution in [0.3, 0.4) is 0 Å². The van der Waals surface area contributed by atoms with Gasteiger partial charge in [0.1, 0.15) is 29.1 Å². The molecule has 0 amide bonds. The summed E-state index contributed by atoms with van der Waals surface area (Å²) in [6.07, 6.45) is 0.645. The number of hydrogen-bond donors (Lipinski definition) is 6. The molecule has 170 valence electrons. The van der Waals surface area contributed by atoms with Crippen LogP contribution in [0.15, 0.2) is 54.6 Å². The molecule has 1 aliphatic heterocycles. The summed E-state index contributed by atoms with van der Waals surface area (Å²) in [6, 6.07) is 10.9. The number of rotatable bonds is 4. The first-order valence-corrected chi connectivity index (χ1v) is 9.85. The molecular formula is C24H20O9. The molecular weight excluding hydrogens is 432 g/mol. The van der Waals surface area contributed by atoms with E-state index in [0.29, 0.717) is 11.1 Å². The predicted molar refractivity (Wildman–Crippen MR) is 115 cm³/mol. The van der Waals surface area contributed by atoms with Crippen LogP contribution in [0.1, 0.15) is 22.8 Å². The molecule has 6 N–H and O–H groups in total. The largest absolute Gasteiger partial charge is 0.508 e. The second kappa shape index (κ2) is 8.54. The van der Waals surface area contributed by atoms with Crippen LogP contribution in [0, 0.1) is 0 Å². The van der Waals surface area contributed by atoms with Crippen molar-refractivity contribution in [2.24, 2.45) is 0 Å². The third-order valence-electron chi connectivity index (χ3n) is 5.16. The topological polar surface area (TPSA) is 157 Å². The van der Waals surface area contributed by atoms with Crippen molar-refractivity contribution in [3.63, 3.8) is 0 Å². The fraction of sp³-hybridized carbons (Fsp3) is 0.125. The molecule has 0 saturated heterocycles. The Hall–Kier alpha value is -4.53. The second-order valence-corrected chi connectivity index (χ2v) is 7.49. The summed E-state index contributed by atoms with van der Waals surface area (Å²) >= 11 is 0. The Balaban J connectivity index is 1.65. The van der Waals surface area contributed by atoms with Gasteiger partial charge in [0.15, 0.2) is 23.4 Å². The molecule has 1 aliphatic rings. The third-order valence-corrected chi connectivity index (χ3v) is 5.16. The smallest absolute Gasteiger partial charge is 0.331 e. The summed E-state index contributed by atoms with van der Waals surface area (Å²) in [7, 11) is 0. The van der Waals surface area contributed by atoms with Crippen molar-refractivity contribution in [3.05, 3.63) is 71.3 Å². The maximum Gasteiger partial charge on any atom is 0.331 e. The van der Waals surface area contributed by atoms with Crippen LogP contribution in [0.4, 0.5) is 0 Å². The van der Waals surface area contributed by atoms with Crippen molar-refractivity contribution >= 4 is 12.0 Å². The van der Waals surface area contributed by atoms with Gasteiger partial charge in [0.05, 0.1) is 0 Å². The third kappa shape index (κ3) is 4.57. The summed E-state index contributed by atoms with van der Waals surface area (Å²) < 4.78 is 11.4. The molecule has 2 atom stereocenters. The minimum atomic E-state index is -1.04. The maximum atomic E-state index is 12.5. The monoisotopic (exact) mass is 452 g/mol. The summed E-state index contributed by atoms with van der Waals surface area (Å²) in [6.45, 7) is 0. The highest BCUT2D eigenvalue weighted by molar-refractivity contribution is 5.87. The van der Waals surface area contributed by atoms with Crippen LogP contribution >= 0.6 is 0 Å². The van der Waals surface area contributed by atoms with Gasteiger partial charge in [-0.15, -0.1) is 0 Å². The SMILES string of the molecule is O=C(/C=C/c1ccc(O)cc1)OC1Cc2c(O)cc(O)cc2OC1c1cc(O)c(O)c(O)c1. The van der Waals surface area contributed by atoms with E-state index >= 15 is 0 Å². The Bertz CT molecular complexity index is 1210. The Labute approximate surface area is 187 Å². The fourth-order valence-corrected chi connectivity index (χ4v) is 3.56. The number of hydrogen-bond acceptors (Lipinski definition) is 9. The van der Waals surface area contributed by atoms with E-state index in [4.69, 9.17) is 9.47 Å². The minimum Gasteiger partial charge on any atom is -0.508 e. The van der Waals surface area contributed by atoms with Crippen molar-refractivity contribution in [1.82, 2.24) is 0 Å². The van der Waals surface area contributed by atoms with Gasteiger partial charge in [0, 0.05) is 35.8 Å². The average Bonchev–Trinajstić information content (AvgIpc) is 2.76. The van der Waals surface area contributed by atoms with Crippen molar-refractivity contribution in [2.45, 2.75) is 18.6 Å². The molecule has 0 fully saturated rings. The van der Waals surface area contributed by atoms with Crippen molar-refractivity contribution in [1.29, 1.82) is 0 Å². The van der Waals surface area contributed by atoms with Crippen LogP contribution < -0.4 is 4.74 Å². The lowest BCUT2D eigenvalue weighted by Crippen LogP contribution is -2.34. The van der Waals surface area contributed by atoms with E-state index in [1.807, 2.05) is 0 Å². The van der Waals surface area contributed by atoms with Gasteiger partial charge in [-0.05, 0) is 35.9 Å². The number of phenolic OH excluding ortho intramolecular Hbond substituents is 6. The van der Waals surface area contributed by atoms with Gasteiger partial charge in [-0.3, -0.25) is 0 Å². The maximum absolute atomic E-state index is 12.5. The summed E-state index contributed by atoms with van der Waals surface area (Å²) in [4.78, 5) is 12.5. The molecule has 9 heteroatoms. The molecule has 9 nitrogen and oxygen atoms in total. The van der Waals surface area contributed by atoms with E-state index in [1.54, 1.807) is 12.1 Å². The standard InChI is InChI=1S/C24H20O9/c25-14-4-1-12(2-5-14)3-6-22(30)32-21-11-16-17(27)9-15(26)10-20(16)33-24(21)13-7-18(28)23(31)19(29)8-13/h1-10,21,24-29,31H,11H2/b6-3+. The Morgan fingerprint density at radius 3 is 2.21 bits per heavy atom. The van der Waals surface area contributed by atoms with E-state index < -0.39 is 35.4 Å². The van der Waals surface area contributed by atoms with Crippen LogP contribution in [0.2, 0.25) is 0 Å². The fourth-order valence-electron chi connectivity index (χ4n) is 3.56. The molecule has 0 spiro atoms. The Morgan fingerprint density at radius 1 is 0.879 bits per heavy atom. The zero-order valence-electron chi connectivity index (χ0n) is 17.0. The molecule has 4 rings (SSSR count). The first-order chi connectivity index (χ1) is 15.7. The van der Waals surface area contributed by atoms with E-state index in [9.17, 15) is 35.4 Å². The first-order valence-electron chi connectivity index (χ1n) is 9.85. The molecule has 0 aromatic heterocycles. The molecule has 33 heavy (non-hydrogen) atoms. The summed E-state index contributed by atoms with van der Waals surface area (Å²) in [5.41, 5.74) is 1.14. The molecule has 3 aromatic carbocycles. The number of aromatic hydroxyl groups is 6. The number of benzene rings is 3. The van der Waals surface area contributed by atoms with Gasteiger partial charge >= 0.3 is 5.97 Å². The second-order valence-electron chi connectivity index (χ2n) is 7.49. The molecule has 0 aliphatic carbocycles. The van der Waals surface area contributed by atoms with Crippen LogP contribution in [0.25, 0.3) is 6.08 Å². The lowest BCUT2D eigenvalue weighted by atomic mass is 9.93. The van der Waals surface area contributed by atoms with Crippen molar-refractivity contribution in [2.75, 3.05) is 0 Å². The van der Waals surface area contributed by atoms with E-state index in [-0.39, 0.29) is 35.0 Å². The highest BCUT2D eigenvalue weighted by Gasteiger charge is 2.36. The molecule has 3 aromatic rings. The lowest BCUT2D eigenvalue weighted by Gasteiger charge is -2.33. The van der Waals surface area contributed by atoms with Gasteiger partial charge in [0.2, 0.25) is 0 Å². The van der Waals surface area contributed by atoms with E-state index in [0.717, 1.165) is 18.2 Å². The molecule has 0 radical (unpaired) electrons. The number of ether oxygens (including phenoxy) is 2. The zero-order chi connectivity index (χ0) is 23.7. The van der Waals surface area contributed by atoms with E-state index in [2.05, 4.69) is 0 Å². The van der Waals surface area contributed by atoms with Gasteiger partial charge in [0.25, 0.3) is 0 Å². The Morgan fingerprint density at radius 2 is 1.55 bits per heavy atom. The van der Waals surface area contributed by atoms with Gasteiger partial charge in [-0.2, -0.15) is 0 Å². The molecule has 0 saturated carbocycles. The van der Waals surface area contributed by atoms with Gasteiger partial charge in [-0.1, -0.05) is 12.1 Å². The summed E-state index contributed by atoms with van der Waals surface area (Å²) in [5.74, 6) is -2.91. The average molecular weight is 452 g/mol. The highest BCUT2D eigenvalue weighted by atomic mass is 16.6. The van der Waals surface area contributed by atoms with Crippen LogP contribution in [-0.2, 0) is 16.0 Å². The number of esters is 1. The normalized spacial score (nSPS) is 17.3. The molecule has 0 bridgehead atoms. The van der Waals surface area contributed by atoms with Crippen LogP contribution in [-0.4, -0.2) is 42.7 Å². The van der Waals surface area contributed by atoms with Crippen molar-refractivity contribution < 1.29 is 44.9 Å². The predicted octanol–water partition coefficient (Wildman–Crippen LogP) is 3.22. The molecule has 1 heterocycles. The number of phenols is 6. The first kappa shape index (κ1) is 21.7. The highest BCUT2D eigenvalue weighted by Crippen LogP contribution is 2.45. The quantitative estimate of drug-likeness (QED) is 0.199. The van der Waals surface area contributed by atoms with Crippen molar-refractivity contribution in [3.8, 4) is 40.2 Å². The minimum absolute atomic E-state index is 0.00724. The van der Waals surface area contributed by atoms with E-state index in [1.165, 1.54) is 30.4 Å². The van der Waals surface area contributed by atoms with Gasteiger partial charge < -0.3 is 40.1 Å².